The molecule has 4 N–H and O–H groups in total. The lowest BCUT2D eigenvalue weighted by Crippen LogP contribution is -2.55. The lowest BCUT2D eigenvalue weighted by atomic mass is 9.95. The SMILES string of the molecule is CO.COc1cc2c(cc1-c1cccc(NC(=O)CN3CCN(CC=O)CCN(CC(=O)O)CCN(CC(=O)O)CC3)c1)-c1c(c(C(=O)N3CCOCC3(C)C)nn1-c1cc(Cl)cc(Cl)c1)CO2. The summed E-state index contributed by atoms with van der Waals surface area (Å²) in [4.78, 5) is 72.2. The molecule has 366 valence electrons. The molecule has 21 heteroatoms. The Morgan fingerprint density at radius 1 is 0.809 bits per heavy atom. The van der Waals surface area contributed by atoms with E-state index in [1.54, 1.807) is 56.8 Å². The quantitative estimate of drug-likeness (QED) is 0.140. The number of carboxylic acid groups (broad SMARTS) is 2. The van der Waals surface area contributed by atoms with Crippen molar-refractivity contribution in [2.24, 2.45) is 0 Å². The number of morpholine rings is 1. The van der Waals surface area contributed by atoms with Crippen LogP contribution in [0.25, 0.3) is 28.1 Å². The van der Waals surface area contributed by atoms with E-state index < -0.39 is 17.5 Å². The average molecular weight is 982 g/mol. The second kappa shape index (κ2) is 23.6. The van der Waals surface area contributed by atoms with E-state index in [0.29, 0.717) is 133 Å². The Bertz CT molecular complexity index is 2450. The molecule has 0 radical (unpaired) electrons. The zero-order valence-corrected chi connectivity index (χ0v) is 40.1. The maximum atomic E-state index is 14.4. The van der Waals surface area contributed by atoms with Crippen molar-refractivity contribution in [3.63, 3.8) is 0 Å². The van der Waals surface area contributed by atoms with Gasteiger partial charge in [-0.2, -0.15) is 5.10 Å². The van der Waals surface area contributed by atoms with E-state index in [4.69, 9.17) is 47.6 Å². The minimum absolute atomic E-state index is 0.0202. The highest BCUT2D eigenvalue weighted by molar-refractivity contribution is 6.34. The Labute approximate surface area is 404 Å². The fourth-order valence-corrected chi connectivity index (χ4v) is 9.06. The second-order valence-corrected chi connectivity index (χ2v) is 18.0. The molecule has 3 aliphatic heterocycles. The third-order valence-electron chi connectivity index (χ3n) is 11.9. The van der Waals surface area contributed by atoms with Gasteiger partial charge in [0.2, 0.25) is 5.91 Å². The highest BCUT2D eigenvalue weighted by Gasteiger charge is 2.39. The van der Waals surface area contributed by atoms with E-state index in [1.165, 1.54) is 0 Å². The van der Waals surface area contributed by atoms with Gasteiger partial charge in [-0.25, -0.2) is 4.68 Å². The number of aliphatic carboxylic acids is 2. The molecular weight excluding hydrogens is 923 g/mol. The van der Waals surface area contributed by atoms with Crippen molar-refractivity contribution in [1.82, 2.24) is 34.3 Å². The van der Waals surface area contributed by atoms with Crippen molar-refractivity contribution in [2.45, 2.75) is 26.0 Å². The molecule has 68 heavy (non-hydrogen) atoms. The fourth-order valence-electron chi connectivity index (χ4n) is 8.55. The van der Waals surface area contributed by atoms with Crippen LogP contribution in [0.4, 0.5) is 5.69 Å². The zero-order chi connectivity index (χ0) is 49.1. The number of carbonyl (C=O) groups excluding carboxylic acids is 3. The van der Waals surface area contributed by atoms with Gasteiger partial charge in [-0.1, -0.05) is 35.3 Å². The molecule has 0 saturated carbocycles. The molecule has 0 bridgehead atoms. The lowest BCUT2D eigenvalue weighted by Gasteiger charge is -2.41. The van der Waals surface area contributed by atoms with Crippen LogP contribution in [0.3, 0.4) is 0 Å². The number of carboxylic acids is 2. The van der Waals surface area contributed by atoms with Gasteiger partial charge >= 0.3 is 11.9 Å². The molecule has 0 spiro atoms. The van der Waals surface area contributed by atoms with Crippen LogP contribution in [0.15, 0.2) is 54.6 Å². The van der Waals surface area contributed by atoms with Gasteiger partial charge in [-0.3, -0.25) is 38.8 Å². The maximum absolute atomic E-state index is 14.4. The van der Waals surface area contributed by atoms with Gasteiger partial charge in [0.25, 0.3) is 5.91 Å². The number of hydrogen-bond acceptors (Lipinski definition) is 14. The number of carbonyl (C=O) groups is 5. The summed E-state index contributed by atoms with van der Waals surface area (Å²) in [6, 6.07) is 16.1. The predicted octanol–water partition coefficient (Wildman–Crippen LogP) is 3.80. The van der Waals surface area contributed by atoms with Gasteiger partial charge in [-0.15, -0.1) is 0 Å². The molecule has 2 saturated heterocycles. The molecule has 19 nitrogen and oxygen atoms in total. The van der Waals surface area contributed by atoms with Crippen molar-refractivity contribution in [3.05, 3.63) is 75.9 Å². The fraction of sp³-hybridized carbons (Fsp3) is 0.447. The number of aromatic nitrogens is 2. The summed E-state index contributed by atoms with van der Waals surface area (Å²) in [5.74, 6) is -1.57. The number of benzene rings is 3. The molecule has 4 aromatic rings. The van der Waals surface area contributed by atoms with Crippen LogP contribution in [-0.2, 0) is 30.5 Å². The predicted molar refractivity (Wildman–Crippen MR) is 255 cm³/mol. The lowest BCUT2D eigenvalue weighted by molar-refractivity contribution is -0.140. The minimum atomic E-state index is -1.01. The summed E-state index contributed by atoms with van der Waals surface area (Å²) in [7, 11) is 2.56. The largest absolute Gasteiger partial charge is 0.496 e. The second-order valence-electron chi connectivity index (χ2n) is 17.1. The Kier molecular flexibility index (Phi) is 17.9. The van der Waals surface area contributed by atoms with Gasteiger partial charge in [0, 0.05) is 105 Å². The average Bonchev–Trinajstić information content (AvgIpc) is 3.69. The Morgan fingerprint density at radius 2 is 1.41 bits per heavy atom. The number of aldehydes is 1. The molecule has 1 aromatic heterocycles. The Morgan fingerprint density at radius 3 is 1.99 bits per heavy atom. The van der Waals surface area contributed by atoms with E-state index in [2.05, 4.69) is 5.32 Å². The number of nitrogens with zero attached hydrogens (tertiary/aromatic N) is 7. The molecule has 0 aliphatic carbocycles. The number of amides is 2. The maximum Gasteiger partial charge on any atom is 0.317 e. The smallest absolute Gasteiger partial charge is 0.317 e. The first-order valence-electron chi connectivity index (χ1n) is 22.1. The molecule has 0 atom stereocenters. The van der Waals surface area contributed by atoms with E-state index in [1.807, 2.05) is 47.9 Å². The first kappa shape index (κ1) is 51.7. The first-order valence-corrected chi connectivity index (χ1v) is 22.8. The Balaban J connectivity index is 0.00000376. The van der Waals surface area contributed by atoms with Crippen LogP contribution in [0, 0.1) is 0 Å². The van der Waals surface area contributed by atoms with Crippen LogP contribution in [0.2, 0.25) is 10.0 Å². The van der Waals surface area contributed by atoms with Gasteiger partial charge in [-0.05, 0) is 55.8 Å². The van der Waals surface area contributed by atoms with Crippen LogP contribution < -0.4 is 14.8 Å². The summed E-state index contributed by atoms with van der Waals surface area (Å²) in [6.07, 6.45) is 0.796. The van der Waals surface area contributed by atoms with Crippen molar-refractivity contribution in [2.75, 3.05) is 118 Å². The number of aliphatic hydroxyl groups is 1. The van der Waals surface area contributed by atoms with Crippen molar-refractivity contribution in [3.8, 4) is 39.6 Å². The highest BCUT2D eigenvalue weighted by Crippen LogP contribution is 2.47. The molecule has 3 aromatic carbocycles. The normalized spacial score (nSPS) is 17.2. The molecular formula is C47H58Cl2N8O11. The van der Waals surface area contributed by atoms with E-state index in [-0.39, 0.29) is 50.3 Å². The van der Waals surface area contributed by atoms with Crippen molar-refractivity contribution in [1.29, 1.82) is 0 Å². The van der Waals surface area contributed by atoms with Crippen LogP contribution >= 0.6 is 23.2 Å². The van der Waals surface area contributed by atoms with Gasteiger partial charge in [0.15, 0.2) is 5.69 Å². The third-order valence-corrected chi connectivity index (χ3v) is 12.3. The van der Waals surface area contributed by atoms with Crippen LogP contribution in [-0.4, -0.2) is 198 Å². The minimum Gasteiger partial charge on any atom is -0.496 e. The number of aliphatic hydroxyl groups excluding tert-OH is 1. The Hall–Kier alpha value is -5.64. The number of rotatable bonds is 13. The van der Waals surface area contributed by atoms with Crippen molar-refractivity contribution < 1.29 is 53.5 Å². The van der Waals surface area contributed by atoms with Gasteiger partial charge < -0.3 is 44.5 Å². The van der Waals surface area contributed by atoms with Crippen LogP contribution in [0.1, 0.15) is 29.9 Å². The summed E-state index contributed by atoms with van der Waals surface area (Å²) >= 11 is 13.0. The molecule has 0 unspecified atom stereocenters. The molecule has 2 fully saturated rings. The summed E-state index contributed by atoms with van der Waals surface area (Å²) < 4.78 is 19.6. The highest BCUT2D eigenvalue weighted by atomic mass is 35.5. The number of fused-ring (bicyclic) bond motifs is 3. The standard InChI is InChI=1S/C46H54Cl2N8O10.CH4O/c1-46(2)29-65-18-16-55(46)45(63)43-37-28-66-39-24-38(64-3)35(23-36(39)44(37)56(50-43)34-21-31(47)20-32(48)22-34)30-5-4-6-33(19-30)49-40(58)25-52-9-7-51(15-17-57)8-10-53(26-41(59)60)13-14-54(12-11-52)27-42(61)62;1-2/h4-6,17,19-24H,7-16,18,25-29H2,1-3H3,(H,49,58)(H,59,60)(H,61,62);2H,1H3. The first-order chi connectivity index (χ1) is 32.6. The van der Waals surface area contributed by atoms with Gasteiger partial charge in [0.1, 0.15) is 24.4 Å². The molecule has 2 amide bonds. The summed E-state index contributed by atoms with van der Waals surface area (Å²) in [5.41, 5.74) is 3.92. The topological polar surface area (TPSA) is 220 Å². The van der Waals surface area contributed by atoms with Crippen molar-refractivity contribution >= 4 is 58.9 Å². The number of halogens is 2. The number of ether oxygens (including phenoxy) is 3. The number of hydrogen-bond donors (Lipinski definition) is 4. The van der Waals surface area contributed by atoms with Crippen LogP contribution in [0.5, 0.6) is 11.5 Å². The third kappa shape index (κ3) is 12.9. The number of anilines is 1. The molecule has 4 heterocycles. The van der Waals surface area contributed by atoms with E-state index in [0.717, 1.165) is 13.4 Å². The summed E-state index contributed by atoms with van der Waals surface area (Å²) in [5, 5.41) is 34.8. The summed E-state index contributed by atoms with van der Waals surface area (Å²) in [6.45, 7) is 7.70. The van der Waals surface area contributed by atoms with Gasteiger partial charge in [0.05, 0.1) is 63.4 Å². The number of nitrogens with one attached hydrogen (secondary N) is 1. The molecule has 3 aliphatic rings. The van der Waals surface area contributed by atoms with E-state index in [9.17, 15) is 34.2 Å². The number of methoxy groups -OCH3 is 1. The van der Waals surface area contributed by atoms with E-state index >= 15 is 0 Å². The molecule has 7 rings (SSSR count). The zero-order valence-electron chi connectivity index (χ0n) is 38.6. The monoisotopic (exact) mass is 980 g/mol.